The summed E-state index contributed by atoms with van der Waals surface area (Å²) in [5.74, 6) is -10.0. The van der Waals surface area contributed by atoms with Gasteiger partial charge >= 0.3 is 6.18 Å². The summed E-state index contributed by atoms with van der Waals surface area (Å²) >= 11 is 0. The van der Waals surface area contributed by atoms with Crippen LogP contribution in [0.5, 0.6) is 0 Å². The Hall–Kier alpha value is -6.87. The molecule has 1 spiro atoms. The van der Waals surface area contributed by atoms with Crippen LogP contribution >= 0.6 is 0 Å². The molecule has 2 saturated heterocycles. The topological polar surface area (TPSA) is 279 Å². The SMILES string of the molecule is CC[C@H](C)[C@@H]1NC(=O)[C@H](CC2CC2)N(C)C(=O)C[C@@H](C(=O)N(C)CC)N(C)C(=O)[C@H](C2CCCC2)N(C)C(=O)C2(CCC2)NC(=O)[C@@H]2C[C@H](C)CN2C(=O)[C@H](CCC2CCC(C(F)(F)F)C(OC)C2)NC(=O)CN(C)C(=O)[C@H](CC2CCC(C)CC2)N2CC/C=C\C[C@@H](C2=O)N(C)C(=O)CN(C)C1=O. The molecule has 0 radical (unpaired) electrons. The van der Waals surface area contributed by atoms with Gasteiger partial charge in [-0.15, -0.1) is 0 Å². The number of halogens is 3. The van der Waals surface area contributed by atoms with Gasteiger partial charge in [-0.05, 0) is 145 Å². The fraction of sp³-hybridized carbons (Fsp3) is 0.816. The zero-order chi connectivity index (χ0) is 76.4. The van der Waals surface area contributed by atoms with Crippen molar-refractivity contribution in [1.82, 2.24) is 60.0 Å². The number of amides is 12. The molecule has 0 aromatic rings. The molecule has 5 saturated carbocycles. The number of hydrogen-bond acceptors (Lipinski definition) is 13. The second kappa shape index (κ2) is 36.1. The third-order valence-electron chi connectivity index (χ3n) is 24.9. The number of nitrogens with zero attached hydrogens (tertiary/aromatic N) is 9. The molecule has 8 aliphatic rings. The fourth-order valence-electron chi connectivity index (χ4n) is 17.3. The Morgan fingerprint density at radius 3 is 1.87 bits per heavy atom. The number of likely N-dealkylation sites (N-methyl/N-ethyl adjacent to an activating group) is 7. The van der Waals surface area contributed by atoms with Gasteiger partial charge < -0.3 is 64.8 Å². The summed E-state index contributed by atoms with van der Waals surface area (Å²) < 4.78 is 48.2. The number of nitrogens with one attached hydrogen (secondary N) is 3. The number of ether oxygens (including phenoxy) is 1. The van der Waals surface area contributed by atoms with Gasteiger partial charge in [-0.1, -0.05) is 97.6 Å². The minimum Gasteiger partial charge on any atom is -0.381 e. The van der Waals surface area contributed by atoms with Crippen LogP contribution in [0.1, 0.15) is 195 Å². The van der Waals surface area contributed by atoms with E-state index in [1.165, 1.54) is 93.5 Å². The van der Waals surface area contributed by atoms with Crippen LogP contribution in [-0.4, -0.2) is 270 Å². The molecule has 0 aromatic heterocycles. The molecule has 3 unspecified atom stereocenters. The number of carbonyl (C=O) groups is 12. The van der Waals surface area contributed by atoms with Crippen molar-refractivity contribution in [3.63, 3.8) is 0 Å². The fourth-order valence-corrected chi connectivity index (χ4v) is 17.3. The molecular weight excluding hydrogens is 1350 g/mol. The average Bonchev–Trinajstić information content (AvgIpc) is 1.14. The van der Waals surface area contributed by atoms with Crippen molar-refractivity contribution in [3.05, 3.63) is 12.2 Å². The van der Waals surface area contributed by atoms with Crippen LogP contribution in [0.4, 0.5) is 13.2 Å². The van der Waals surface area contributed by atoms with Gasteiger partial charge in [-0.3, -0.25) is 57.5 Å². The van der Waals surface area contributed by atoms with Crippen molar-refractivity contribution in [2.45, 2.75) is 261 Å². The summed E-state index contributed by atoms with van der Waals surface area (Å²) in [7, 11) is 11.5. The first-order chi connectivity index (χ1) is 49.1. The number of methoxy groups -OCH3 is 1. The summed E-state index contributed by atoms with van der Waals surface area (Å²) in [5.41, 5.74) is -1.53. The van der Waals surface area contributed by atoms with Crippen molar-refractivity contribution >= 4 is 70.9 Å². The van der Waals surface area contributed by atoms with E-state index in [4.69, 9.17) is 4.74 Å². The molecule has 3 N–H and O–H groups in total. The molecule has 2 bridgehead atoms. The Morgan fingerprint density at radius 2 is 1.27 bits per heavy atom. The maximum atomic E-state index is 15.6. The highest BCUT2D eigenvalue weighted by molar-refractivity contribution is 6.01. The minimum absolute atomic E-state index is 0.0105. The molecule has 28 heteroatoms. The normalized spacial score (nSPS) is 32.5. The van der Waals surface area contributed by atoms with E-state index in [-0.39, 0.29) is 120 Å². The second-order valence-electron chi connectivity index (χ2n) is 32.4. The second-order valence-corrected chi connectivity index (χ2v) is 32.4. The van der Waals surface area contributed by atoms with Crippen molar-refractivity contribution in [2.24, 2.45) is 47.3 Å². The third-order valence-corrected chi connectivity index (χ3v) is 24.9. The first kappa shape index (κ1) is 82.8. The van der Waals surface area contributed by atoms with Crippen LogP contribution in [0.2, 0.25) is 0 Å². The van der Waals surface area contributed by atoms with Crippen molar-refractivity contribution in [2.75, 3.05) is 89.2 Å². The Kier molecular flexibility index (Phi) is 28.8. The van der Waals surface area contributed by atoms with Crippen LogP contribution in [0.15, 0.2) is 12.2 Å². The van der Waals surface area contributed by atoms with E-state index in [0.717, 1.165) is 51.4 Å². The lowest BCUT2D eigenvalue weighted by Crippen LogP contribution is -2.68. The van der Waals surface area contributed by atoms with Gasteiger partial charge in [0.1, 0.15) is 53.9 Å². The Balaban J connectivity index is 1.18. The van der Waals surface area contributed by atoms with Crippen LogP contribution in [0.3, 0.4) is 0 Å². The number of carbonyl (C=O) groups excluding carboxylic acids is 12. The van der Waals surface area contributed by atoms with E-state index in [2.05, 4.69) is 22.9 Å². The molecule has 3 heterocycles. The lowest BCUT2D eigenvalue weighted by molar-refractivity contribution is -0.215. The van der Waals surface area contributed by atoms with Gasteiger partial charge in [-0.25, -0.2) is 0 Å². The number of hydrogen-bond donors (Lipinski definition) is 3. The molecular formula is C76H121F3N12O13. The van der Waals surface area contributed by atoms with E-state index in [1.54, 1.807) is 27.0 Å². The summed E-state index contributed by atoms with van der Waals surface area (Å²) in [4.78, 5) is 194. The van der Waals surface area contributed by atoms with E-state index >= 15 is 33.6 Å². The van der Waals surface area contributed by atoms with Crippen LogP contribution in [-0.2, 0) is 62.3 Å². The first-order valence-corrected chi connectivity index (χ1v) is 38.7. The lowest BCUT2D eigenvalue weighted by atomic mass is 9.74. The van der Waals surface area contributed by atoms with E-state index in [1.807, 2.05) is 19.9 Å². The molecule has 12 amide bonds. The van der Waals surface area contributed by atoms with E-state index < -0.39 is 168 Å². The number of fused-ring (bicyclic) bond motifs is 3. The third kappa shape index (κ3) is 19.8. The Morgan fingerprint density at radius 1 is 0.644 bits per heavy atom. The monoisotopic (exact) mass is 1470 g/mol. The smallest absolute Gasteiger partial charge is 0.381 e. The highest BCUT2D eigenvalue weighted by atomic mass is 19.4. The van der Waals surface area contributed by atoms with Gasteiger partial charge in [-0.2, -0.15) is 13.2 Å². The van der Waals surface area contributed by atoms with Gasteiger partial charge in [0.2, 0.25) is 70.9 Å². The van der Waals surface area contributed by atoms with E-state index in [0.29, 0.717) is 38.0 Å². The minimum atomic E-state index is -4.50. The molecule has 25 nitrogen and oxygen atoms in total. The first-order valence-electron chi connectivity index (χ1n) is 38.7. The number of alkyl halides is 3. The highest BCUT2D eigenvalue weighted by Gasteiger charge is 2.54. The van der Waals surface area contributed by atoms with Crippen LogP contribution < -0.4 is 16.0 Å². The van der Waals surface area contributed by atoms with Crippen molar-refractivity contribution < 1.29 is 75.4 Å². The summed E-state index contributed by atoms with van der Waals surface area (Å²) in [6.07, 6.45) is 7.51. The number of rotatable bonds is 13. The molecule has 8 rings (SSSR count). The molecule has 584 valence electrons. The summed E-state index contributed by atoms with van der Waals surface area (Å²) in [6.45, 7) is 8.66. The molecule has 7 fully saturated rings. The Labute approximate surface area is 613 Å². The maximum absolute atomic E-state index is 15.6. The zero-order valence-electron chi connectivity index (χ0n) is 64.1. The predicted octanol–water partition coefficient (Wildman–Crippen LogP) is 5.91. The van der Waals surface area contributed by atoms with Gasteiger partial charge in [0.15, 0.2) is 0 Å². The largest absolute Gasteiger partial charge is 0.394 e. The quantitative estimate of drug-likeness (QED) is 0.181. The molecule has 0 aromatic carbocycles. The molecule has 3 aliphatic heterocycles. The Bertz CT molecular complexity index is 3120. The van der Waals surface area contributed by atoms with Crippen molar-refractivity contribution in [1.29, 1.82) is 0 Å². The van der Waals surface area contributed by atoms with Gasteiger partial charge in [0.05, 0.1) is 31.5 Å². The highest BCUT2D eigenvalue weighted by Crippen LogP contribution is 2.44. The van der Waals surface area contributed by atoms with E-state index in [9.17, 15) is 37.1 Å². The molecule has 5 aliphatic carbocycles. The zero-order valence-corrected chi connectivity index (χ0v) is 64.1. The average molecular weight is 1470 g/mol. The predicted molar refractivity (Wildman–Crippen MR) is 383 cm³/mol. The molecule has 13 atom stereocenters. The summed E-state index contributed by atoms with van der Waals surface area (Å²) in [5, 5.41) is 8.92. The van der Waals surface area contributed by atoms with Crippen LogP contribution in [0, 0.1) is 47.3 Å². The summed E-state index contributed by atoms with van der Waals surface area (Å²) in [6, 6.07) is -9.69. The van der Waals surface area contributed by atoms with Gasteiger partial charge in [0.25, 0.3) is 0 Å². The standard InChI is InChI=1S/C76H121F3N12O13/c1-14-48(5)64-72(101)85(8)45-63(94)86(9)55-24-17-16-20-37-90(71(55)100)59(40-49-27-25-46(3)26-28-49)70(99)84(7)44-61(92)80-54(34-32-51-31-33-53(76(77,78)79)60(41-51)104-13)68(97)91-43-47(4)38-57(91)67(96)82-75(35-21-36-75)74(103)89(12)65(52-22-18-19-23-52)73(102)88(11)58(69(98)83(6)15-2)42-62(93)87(10)56(66(95)81-64)39-50-29-30-50/h16-17,46-60,64-65H,14-15,18-45H2,1-13H3,(H,80,92)(H,81,95)(H,82,96)/b17-16-/t46?,47-,48-,49?,51?,53?,54-,55-,56-,57-,58-,59-,60?,64-,65-/m0/s1. The van der Waals surface area contributed by atoms with Crippen LogP contribution in [0.25, 0.3) is 0 Å². The van der Waals surface area contributed by atoms with Gasteiger partial charge in [0, 0.05) is 76.1 Å². The van der Waals surface area contributed by atoms with Crippen molar-refractivity contribution in [3.8, 4) is 0 Å². The lowest BCUT2D eigenvalue weighted by Gasteiger charge is -2.47. The molecule has 104 heavy (non-hydrogen) atoms. The maximum Gasteiger partial charge on any atom is 0.394 e.